The number of aromatic nitrogens is 2. The Balaban J connectivity index is 2.20. The summed E-state index contributed by atoms with van der Waals surface area (Å²) in [5.41, 5.74) is 0.493. The smallest absolute Gasteiger partial charge is 0.333 e. The first-order chi connectivity index (χ1) is 9.03. The van der Waals surface area contributed by atoms with Gasteiger partial charge in [0, 0.05) is 19.0 Å². The Bertz CT molecular complexity index is 480. The van der Waals surface area contributed by atoms with Gasteiger partial charge < -0.3 is 10.4 Å². The van der Waals surface area contributed by atoms with E-state index in [4.69, 9.17) is 0 Å². The summed E-state index contributed by atoms with van der Waals surface area (Å²) in [5, 5.41) is 27.8. The molecule has 1 aliphatic rings. The molecule has 0 amide bonds. The summed E-state index contributed by atoms with van der Waals surface area (Å²) in [7, 11) is 1.70. The molecule has 1 fully saturated rings. The summed E-state index contributed by atoms with van der Waals surface area (Å²) in [5.74, 6) is 0.438. The van der Waals surface area contributed by atoms with E-state index < -0.39 is 0 Å². The highest BCUT2D eigenvalue weighted by Crippen LogP contribution is 2.45. The van der Waals surface area contributed by atoms with Crippen molar-refractivity contribution in [2.45, 2.75) is 32.6 Å². The van der Waals surface area contributed by atoms with Crippen molar-refractivity contribution in [2.75, 3.05) is 18.5 Å². The lowest BCUT2D eigenvalue weighted by Gasteiger charge is -2.13. The molecular weight excluding hydrogens is 248 g/mol. The van der Waals surface area contributed by atoms with Crippen LogP contribution in [0.4, 0.5) is 11.5 Å². The van der Waals surface area contributed by atoms with E-state index in [-0.39, 0.29) is 22.6 Å². The largest absolute Gasteiger partial charge is 0.396 e. The summed E-state index contributed by atoms with van der Waals surface area (Å²) < 4.78 is 1.52. The van der Waals surface area contributed by atoms with E-state index >= 15 is 0 Å². The molecule has 1 aromatic heterocycles. The van der Waals surface area contributed by atoms with E-state index in [2.05, 4.69) is 10.4 Å². The monoisotopic (exact) mass is 268 g/mol. The number of nitro groups is 1. The molecule has 7 heteroatoms. The Hall–Kier alpha value is -1.63. The first-order valence-electron chi connectivity index (χ1n) is 6.58. The molecule has 1 heterocycles. The average Bonchev–Trinajstić information content (AvgIpc) is 3.07. The molecule has 0 unspecified atom stereocenters. The maximum Gasteiger partial charge on any atom is 0.333 e. The zero-order valence-electron chi connectivity index (χ0n) is 11.3. The highest BCUT2D eigenvalue weighted by atomic mass is 16.6. The van der Waals surface area contributed by atoms with Gasteiger partial charge in [-0.1, -0.05) is 13.3 Å². The average molecular weight is 268 g/mol. The van der Waals surface area contributed by atoms with Crippen LogP contribution in [-0.4, -0.2) is 33.0 Å². The summed E-state index contributed by atoms with van der Waals surface area (Å²) in [6.07, 6.45) is 3.34. The molecule has 0 spiro atoms. The lowest BCUT2D eigenvalue weighted by Crippen LogP contribution is -2.20. The number of aliphatic hydroxyl groups is 1. The number of aryl methyl sites for hydroxylation is 2. The van der Waals surface area contributed by atoms with Crippen LogP contribution in [0.25, 0.3) is 0 Å². The second-order valence-electron chi connectivity index (χ2n) is 5.29. The van der Waals surface area contributed by atoms with Crippen molar-refractivity contribution in [3.8, 4) is 0 Å². The molecule has 106 valence electrons. The SMILES string of the molecule is CCCc1nn(C)c(NCC2(CO)CC2)c1[N+](=O)[O-]. The molecule has 1 aliphatic carbocycles. The summed E-state index contributed by atoms with van der Waals surface area (Å²) in [6.45, 7) is 2.64. The van der Waals surface area contributed by atoms with E-state index in [1.54, 1.807) is 7.05 Å². The quantitative estimate of drug-likeness (QED) is 0.577. The van der Waals surface area contributed by atoms with E-state index in [1.807, 2.05) is 6.92 Å². The second-order valence-corrected chi connectivity index (χ2v) is 5.29. The predicted molar refractivity (Wildman–Crippen MR) is 71.1 cm³/mol. The number of nitrogens with zero attached hydrogens (tertiary/aromatic N) is 3. The van der Waals surface area contributed by atoms with Gasteiger partial charge in [0.1, 0.15) is 5.69 Å². The van der Waals surface area contributed by atoms with Crippen molar-refractivity contribution in [2.24, 2.45) is 12.5 Å². The van der Waals surface area contributed by atoms with E-state index in [0.29, 0.717) is 24.5 Å². The van der Waals surface area contributed by atoms with Crippen LogP contribution in [-0.2, 0) is 13.5 Å². The summed E-state index contributed by atoms with van der Waals surface area (Å²) in [6, 6.07) is 0. The third-order valence-electron chi connectivity index (χ3n) is 3.68. The van der Waals surface area contributed by atoms with Crippen LogP contribution >= 0.6 is 0 Å². The zero-order chi connectivity index (χ0) is 14.0. The molecule has 0 bridgehead atoms. The maximum absolute atomic E-state index is 11.2. The number of aliphatic hydroxyl groups excluding tert-OH is 1. The van der Waals surface area contributed by atoms with Gasteiger partial charge in [-0.15, -0.1) is 0 Å². The molecule has 0 aliphatic heterocycles. The van der Waals surface area contributed by atoms with Crippen molar-refractivity contribution < 1.29 is 10.0 Å². The summed E-state index contributed by atoms with van der Waals surface area (Å²) >= 11 is 0. The number of nitrogens with one attached hydrogen (secondary N) is 1. The number of anilines is 1. The molecule has 19 heavy (non-hydrogen) atoms. The standard InChI is InChI=1S/C12H20N4O3/c1-3-4-9-10(16(18)19)11(15(2)14-9)13-7-12(8-17)5-6-12/h13,17H,3-8H2,1-2H3. The first kappa shape index (κ1) is 13.8. The molecule has 7 nitrogen and oxygen atoms in total. The molecule has 0 aromatic carbocycles. The van der Waals surface area contributed by atoms with Gasteiger partial charge in [0.15, 0.2) is 0 Å². The Labute approximate surface area is 111 Å². The van der Waals surface area contributed by atoms with Crippen LogP contribution in [0, 0.1) is 15.5 Å². The predicted octanol–water partition coefficient (Wildman–Crippen LogP) is 1.47. The molecule has 1 aromatic rings. The highest BCUT2D eigenvalue weighted by molar-refractivity contribution is 5.60. The van der Waals surface area contributed by atoms with Crippen LogP contribution in [0.1, 0.15) is 31.9 Å². The minimum absolute atomic E-state index is 0.0677. The van der Waals surface area contributed by atoms with Gasteiger partial charge >= 0.3 is 5.69 Å². The molecule has 2 rings (SSSR count). The van der Waals surface area contributed by atoms with Crippen molar-refractivity contribution in [1.29, 1.82) is 0 Å². The van der Waals surface area contributed by atoms with Gasteiger partial charge in [-0.3, -0.25) is 10.1 Å². The maximum atomic E-state index is 11.2. The summed E-state index contributed by atoms with van der Waals surface area (Å²) in [4.78, 5) is 10.8. The zero-order valence-corrected chi connectivity index (χ0v) is 11.3. The van der Waals surface area contributed by atoms with Gasteiger partial charge in [-0.05, 0) is 19.3 Å². The fourth-order valence-corrected chi connectivity index (χ4v) is 2.20. The van der Waals surface area contributed by atoms with E-state index in [9.17, 15) is 15.2 Å². The van der Waals surface area contributed by atoms with Gasteiger partial charge in [-0.2, -0.15) is 5.10 Å². The topological polar surface area (TPSA) is 93.2 Å². The molecule has 0 atom stereocenters. The van der Waals surface area contributed by atoms with E-state index in [1.165, 1.54) is 4.68 Å². The minimum atomic E-state index is -0.376. The molecule has 0 radical (unpaired) electrons. The number of rotatable bonds is 7. The van der Waals surface area contributed by atoms with Crippen molar-refractivity contribution in [1.82, 2.24) is 9.78 Å². The van der Waals surface area contributed by atoms with Crippen molar-refractivity contribution in [3.05, 3.63) is 15.8 Å². The Morgan fingerprint density at radius 2 is 2.26 bits per heavy atom. The molecule has 1 saturated carbocycles. The lowest BCUT2D eigenvalue weighted by molar-refractivity contribution is -0.384. The van der Waals surface area contributed by atoms with Gasteiger partial charge in [0.25, 0.3) is 0 Å². The fraction of sp³-hybridized carbons (Fsp3) is 0.750. The van der Waals surface area contributed by atoms with Crippen LogP contribution in [0.5, 0.6) is 0 Å². The van der Waals surface area contributed by atoms with Crippen LogP contribution in [0.15, 0.2) is 0 Å². The van der Waals surface area contributed by atoms with Crippen molar-refractivity contribution >= 4 is 11.5 Å². The Morgan fingerprint density at radius 1 is 1.58 bits per heavy atom. The van der Waals surface area contributed by atoms with Gasteiger partial charge in [0.05, 0.1) is 11.5 Å². The number of hydrogen-bond acceptors (Lipinski definition) is 5. The fourth-order valence-electron chi connectivity index (χ4n) is 2.20. The third-order valence-corrected chi connectivity index (χ3v) is 3.68. The van der Waals surface area contributed by atoms with Crippen LogP contribution in [0.3, 0.4) is 0 Å². The normalized spacial score (nSPS) is 16.4. The van der Waals surface area contributed by atoms with Gasteiger partial charge in [0.2, 0.25) is 5.82 Å². The molecule has 0 saturated heterocycles. The Morgan fingerprint density at radius 3 is 2.74 bits per heavy atom. The lowest BCUT2D eigenvalue weighted by atomic mass is 10.1. The second kappa shape index (κ2) is 5.16. The Kier molecular flexibility index (Phi) is 3.75. The van der Waals surface area contributed by atoms with E-state index in [0.717, 1.165) is 19.3 Å². The third kappa shape index (κ3) is 2.70. The highest BCUT2D eigenvalue weighted by Gasteiger charge is 2.42. The first-order valence-corrected chi connectivity index (χ1v) is 6.58. The van der Waals surface area contributed by atoms with Gasteiger partial charge in [-0.25, -0.2) is 4.68 Å². The van der Waals surface area contributed by atoms with Crippen LogP contribution in [0.2, 0.25) is 0 Å². The van der Waals surface area contributed by atoms with Crippen LogP contribution < -0.4 is 5.32 Å². The van der Waals surface area contributed by atoms with Crippen molar-refractivity contribution in [3.63, 3.8) is 0 Å². The number of hydrogen-bond donors (Lipinski definition) is 2. The minimum Gasteiger partial charge on any atom is -0.396 e. The molecule has 2 N–H and O–H groups in total. The molecular formula is C12H20N4O3.